The van der Waals surface area contributed by atoms with Gasteiger partial charge >= 0.3 is 5.97 Å². The number of carboxylic acid groups (broad SMARTS) is 1. The van der Waals surface area contributed by atoms with Crippen molar-refractivity contribution >= 4 is 17.6 Å². The third-order valence-corrected chi connectivity index (χ3v) is 5.32. The second kappa shape index (κ2) is 8.97. The molecule has 1 amide bonds. The number of nitrogens with one attached hydrogen (secondary N) is 1. The summed E-state index contributed by atoms with van der Waals surface area (Å²) >= 11 is 0. The largest absolute Gasteiger partial charge is 0.481 e. The number of carbonyl (C=O) groups excluding carboxylic acids is 1. The van der Waals surface area contributed by atoms with E-state index in [1.807, 2.05) is 31.2 Å². The minimum atomic E-state index is -0.844. The summed E-state index contributed by atoms with van der Waals surface area (Å²) in [7, 11) is 0. The van der Waals surface area contributed by atoms with Crippen molar-refractivity contribution in [3.63, 3.8) is 0 Å². The van der Waals surface area contributed by atoms with Crippen molar-refractivity contribution in [1.82, 2.24) is 9.88 Å². The first-order valence-corrected chi connectivity index (χ1v) is 9.71. The average molecular weight is 381 g/mol. The van der Waals surface area contributed by atoms with Crippen LogP contribution >= 0.6 is 0 Å². The first kappa shape index (κ1) is 20.0. The minimum absolute atomic E-state index is 0.148. The topological polar surface area (TPSA) is 82.5 Å². The molecular weight excluding hydrogens is 354 g/mol. The smallest absolute Gasteiger partial charge is 0.307 e. The maximum atomic E-state index is 12.8. The molecule has 0 aliphatic carbocycles. The Morgan fingerprint density at radius 2 is 1.86 bits per heavy atom. The van der Waals surface area contributed by atoms with Gasteiger partial charge in [0.15, 0.2) is 0 Å². The van der Waals surface area contributed by atoms with Crippen molar-refractivity contribution < 1.29 is 14.7 Å². The predicted octanol–water partition coefficient (Wildman–Crippen LogP) is 3.11. The SMILES string of the molecule is CCc1ccccc1CN1C[C@@H](C(=O)O)C[C@@H](C(=O)Nc2ccc(C)nc2)C1. The molecule has 1 aromatic carbocycles. The van der Waals surface area contributed by atoms with Crippen molar-refractivity contribution in [1.29, 1.82) is 0 Å². The summed E-state index contributed by atoms with van der Waals surface area (Å²) in [4.78, 5) is 30.7. The standard InChI is InChI=1S/C22H27N3O3/c1-3-16-6-4-5-7-17(16)12-25-13-18(10-19(14-25)22(27)28)21(26)24-20-9-8-15(2)23-11-20/h4-9,11,18-19H,3,10,12-14H2,1-2H3,(H,24,26)(H,27,28)/t18-,19+/m1/s1. The molecule has 6 heteroatoms. The lowest BCUT2D eigenvalue weighted by Crippen LogP contribution is -2.46. The van der Waals surface area contributed by atoms with Crippen LogP contribution in [0.2, 0.25) is 0 Å². The van der Waals surface area contributed by atoms with Crippen LogP contribution in [0.1, 0.15) is 30.2 Å². The zero-order chi connectivity index (χ0) is 20.1. The molecule has 0 unspecified atom stereocenters. The number of hydrogen-bond acceptors (Lipinski definition) is 4. The number of hydrogen-bond donors (Lipinski definition) is 2. The molecule has 28 heavy (non-hydrogen) atoms. The van der Waals surface area contributed by atoms with Crippen molar-refractivity contribution in [3.8, 4) is 0 Å². The van der Waals surface area contributed by atoms with Crippen LogP contribution in [-0.4, -0.2) is 40.0 Å². The van der Waals surface area contributed by atoms with Crippen LogP contribution in [-0.2, 0) is 22.6 Å². The molecule has 148 valence electrons. The molecule has 1 aliphatic rings. The van der Waals surface area contributed by atoms with Crippen LogP contribution in [0.15, 0.2) is 42.6 Å². The Balaban J connectivity index is 1.73. The number of likely N-dealkylation sites (tertiary alicyclic amines) is 1. The van der Waals surface area contributed by atoms with E-state index in [9.17, 15) is 14.7 Å². The van der Waals surface area contributed by atoms with Crippen molar-refractivity contribution in [2.75, 3.05) is 18.4 Å². The van der Waals surface area contributed by atoms with Gasteiger partial charge in [0.1, 0.15) is 0 Å². The first-order valence-electron chi connectivity index (χ1n) is 9.71. The van der Waals surface area contributed by atoms with Gasteiger partial charge in [0.05, 0.1) is 23.7 Å². The van der Waals surface area contributed by atoms with Crippen LogP contribution in [0, 0.1) is 18.8 Å². The van der Waals surface area contributed by atoms with E-state index in [0.717, 1.165) is 12.1 Å². The van der Waals surface area contributed by atoms with E-state index in [0.29, 0.717) is 31.7 Å². The molecule has 1 aliphatic heterocycles. The van der Waals surface area contributed by atoms with Gasteiger partial charge in [-0.1, -0.05) is 31.2 Å². The van der Waals surface area contributed by atoms with Gasteiger partial charge in [0, 0.05) is 25.3 Å². The fraction of sp³-hybridized carbons (Fsp3) is 0.409. The number of rotatable bonds is 6. The van der Waals surface area contributed by atoms with Gasteiger partial charge in [-0.2, -0.15) is 0 Å². The highest BCUT2D eigenvalue weighted by molar-refractivity contribution is 5.93. The van der Waals surface area contributed by atoms with Gasteiger partial charge in [-0.3, -0.25) is 19.5 Å². The summed E-state index contributed by atoms with van der Waals surface area (Å²) < 4.78 is 0. The zero-order valence-corrected chi connectivity index (χ0v) is 16.4. The second-order valence-corrected chi connectivity index (χ2v) is 7.46. The van der Waals surface area contributed by atoms with Crippen molar-refractivity contribution in [2.24, 2.45) is 11.8 Å². The minimum Gasteiger partial charge on any atom is -0.481 e. The van der Waals surface area contributed by atoms with E-state index in [1.54, 1.807) is 6.20 Å². The molecule has 2 atom stereocenters. The summed E-state index contributed by atoms with van der Waals surface area (Å²) in [5.74, 6) is -1.91. The van der Waals surface area contributed by atoms with E-state index < -0.39 is 11.9 Å². The lowest BCUT2D eigenvalue weighted by molar-refractivity contribution is -0.145. The number of aryl methyl sites for hydroxylation is 2. The van der Waals surface area contributed by atoms with Gasteiger partial charge in [-0.15, -0.1) is 0 Å². The van der Waals surface area contributed by atoms with Crippen LogP contribution in [0.3, 0.4) is 0 Å². The van der Waals surface area contributed by atoms with E-state index >= 15 is 0 Å². The van der Waals surface area contributed by atoms with Gasteiger partial charge in [0.2, 0.25) is 5.91 Å². The molecular formula is C22H27N3O3. The number of carbonyl (C=O) groups is 2. The normalized spacial score (nSPS) is 19.9. The molecule has 3 rings (SSSR count). The van der Waals surface area contributed by atoms with Crippen LogP contribution in [0.5, 0.6) is 0 Å². The Morgan fingerprint density at radius 3 is 2.50 bits per heavy atom. The monoisotopic (exact) mass is 381 g/mol. The maximum absolute atomic E-state index is 12.8. The summed E-state index contributed by atoms with van der Waals surface area (Å²) in [5.41, 5.74) is 3.96. The highest BCUT2D eigenvalue weighted by atomic mass is 16.4. The molecule has 2 N–H and O–H groups in total. The Bertz CT molecular complexity index is 835. The van der Waals surface area contributed by atoms with E-state index in [-0.39, 0.29) is 11.8 Å². The van der Waals surface area contributed by atoms with E-state index in [4.69, 9.17) is 0 Å². The molecule has 0 spiro atoms. The Labute approximate surface area is 165 Å². The lowest BCUT2D eigenvalue weighted by Gasteiger charge is -2.35. The van der Waals surface area contributed by atoms with Crippen LogP contribution < -0.4 is 5.32 Å². The molecule has 2 heterocycles. The first-order chi connectivity index (χ1) is 13.5. The Morgan fingerprint density at radius 1 is 1.14 bits per heavy atom. The van der Waals surface area contributed by atoms with Gasteiger partial charge in [0.25, 0.3) is 0 Å². The lowest BCUT2D eigenvalue weighted by atomic mass is 9.88. The van der Waals surface area contributed by atoms with Gasteiger partial charge in [-0.05, 0) is 43.0 Å². The number of benzene rings is 1. The highest BCUT2D eigenvalue weighted by Crippen LogP contribution is 2.26. The predicted molar refractivity (Wildman–Crippen MR) is 108 cm³/mol. The van der Waals surface area contributed by atoms with Crippen molar-refractivity contribution in [3.05, 3.63) is 59.4 Å². The van der Waals surface area contributed by atoms with Gasteiger partial charge in [-0.25, -0.2) is 0 Å². The molecule has 1 fully saturated rings. The van der Waals surface area contributed by atoms with Crippen molar-refractivity contribution in [2.45, 2.75) is 33.2 Å². The Kier molecular flexibility index (Phi) is 6.41. The average Bonchev–Trinajstić information content (AvgIpc) is 2.70. The molecule has 1 saturated heterocycles. The molecule has 0 saturated carbocycles. The highest BCUT2D eigenvalue weighted by Gasteiger charge is 2.35. The van der Waals surface area contributed by atoms with E-state index in [2.05, 4.69) is 34.3 Å². The number of aliphatic carboxylic acids is 1. The van der Waals surface area contributed by atoms with E-state index in [1.165, 1.54) is 11.1 Å². The molecule has 2 aromatic rings. The molecule has 6 nitrogen and oxygen atoms in total. The number of carboxylic acids is 1. The molecule has 0 bridgehead atoms. The fourth-order valence-corrected chi connectivity index (χ4v) is 3.77. The Hall–Kier alpha value is -2.73. The number of aromatic nitrogens is 1. The van der Waals surface area contributed by atoms with Gasteiger partial charge < -0.3 is 10.4 Å². The summed E-state index contributed by atoms with van der Waals surface area (Å²) in [5, 5.41) is 12.5. The number of amides is 1. The molecule has 1 aromatic heterocycles. The second-order valence-electron chi connectivity index (χ2n) is 7.46. The number of piperidine rings is 1. The number of pyridine rings is 1. The fourth-order valence-electron chi connectivity index (χ4n) is 3.77. The van der Waals surface area contributed by atoms with Crippen LogP contribution in [0.25, 0.3) is 0 Å². The number of nitrogens with zero attached hydrogens (tertiary/aromatic N) is 2. The summed E-state index contributed by atoms with van der Waals surface area (Å²) in [6, 6.07) is 11.8. The third-order valence-electron chi connectivity index (χ3n) is 5.32. The third kappa shape index (κ3) is 4.95. The summed E-state index contributed by atoms with van der Waals surface area (Å²) in [6.07, 6.45) is 2.91. The quantitative estimate of drug-likeness (QED) is 0.803. The maximum Gasteiger partial charge on any atom is 0.307 e. The molecule has 0 radical (unpaired) electrons. The van der Waals surface area contributed by atoms with Crippen LogP contribution in [0.4, 0.5) is 5.69 Å². The summed E-state index contributed by atoms with van der Waals surface area (Å²) in [6.45, 7) is 5.66. The number of anilines is 1. The zero-order valence-electron chi connectivity index (χ0n) is 16.4.